The summed E-state index contributed by atoms with van der Waals surface area (Å²) in [5.74, 6) is -2.65. The van der Waals surface area contributed by atoms with Crippen LogP contribution in [0.4, 0.5) is 25.1 Å². The van der Waals surface area contributed by atoms with Crippen molar-refractivity contribution in [3.05, 3.63) is 46.1 Å². The number of nitrogens with one attached hydrogen (secondary N) is 2. The first kappa shape index (κ1) is 29.4. The summed E-state index contributed by atoms with van der Waals surface area (Å²) >= 11 is 6.05. The smallest absolute Gasteiger partial charge is 0.416 e. The first-order valence-corrected chi connectivity index (χ1v) is 13.0. The van der Waals surface area contributed by atoms with Gasteiger partial charge in [-0.15, -0.1) is 10.2 Å². The molecule has 2 aliphatic heterocycles. The second-order valence-electron chi connectivity index (χ2n) is 10.2. The molecule has 0 spiro atoms. The highest BCUT2D eigenvalue weighted by molar-refractivity contribution is 6.31. The van der Waals surface area contributed by atoms with E-state index in [4.69, 9.17) is 21.1 Å². The summed E-state index contributed by atoms with van der Waals surface area (Å²) in [7, 11) is 0. The zero-order valence-electron chi connectivity index (χ0n) is 22.3. The summed E-state index contributed by atoms with van der Waals surface area (Å²) in [5.41, 5.74) is 3.79. The van der Waals surface area contributed by atoms with Gasteiger partial charge in [0.05, 0.1) is 30.5 Å². The molecule has 3 amide bonds. The van der Waals surface area contributed by atoms with Crippen molar-refractivity contribution in [2.75, 3.05) is 55.7 Å². The Bertz CT molecular complexity index is 1290. The van der Waals surface area contributed by atoms with Crippen molar-refractivity contribution in [2.24, 2.45) is 0 Å². The number of hydrazine groups is 1. The van der Waals surface area contributed by atoms with Gasteiger partial charge in [0, 0.05) is 38.3 Å². The van der Waals surface area contributed by atoms with Crippen molar-refractivity contribution >= 4 is 41.0 Å². The molecule has 2 aliphatic rings. The Morgan fingerprint density at radius 2 is 1.75 bits per heavy atom. The van der Waals surface area contributed by atoms with Crippen molar-refractivity contribution in [1.82, 2.24) is 25.9 Å². The fourth-order valence-corrected chi connectivity index (χ4v) is 4.33. The molecular weight excluding hydrogens is 552 g/mol. The summed E-state index contributed by atoms with van der Waals surface area (Å²) < 4.78 is 39.4. The number of ether oxygens (including phenoxy) is 2. The molecule has 15 heteroatoms. The molecule has 1 saturated heterocycles. The summed E-state index contributed by atoms with van der Waals surface area (Å²) in [5, 5.41) is 7.64. The van der Waals surface area contributed by atoms with Gasteiger partial charge in [-0.3, -0.25) is 30.2 Å². The monoisotopic (exact) mass is 581 g/mol. The third kappa shape index (κ3) is 7.11. The zero-order chi connectivity index (χ0) is 29.0. The van der Waals surface area contributed by atoms with Crippen LogP contribution in [0.25, 0.3) is 0 Å². The maximum absolute atomic E-state index is 14.6. The molecule has 1 aromatic carbocycles. The number of aromatic nitrogens is 2. The van der Waals surface area contributed by atoms with Crippen molar-refractivity contribution < 1.29 is 32.6 Å². The van der Waals surface area contributed by atoms with E-state index in [1.165, 1.54) is 11.0 Å². The molecule has 2 aromatic rings. The van der Waals surface area contributed by atoms with Gasteiger partial charge in [0.15, 0.2) is 11.5 Å². The minimum atomic E-state index is -0.792. The predicted octanol–water partition coefficient (Wildman–Crippen LogP) is 2.26. The van der Waals surface area contributed by atoms with E-state index >= 15 is 0 Å². The minimum Gasteiger partial charge on any atom is -0.443 e. The summed E-state index contributed by atoms with van der Waals surface area (Å²) in [6.07, 6.45) is -0.690. The van der Waals surface area contributed by atoms with Crippen LogP contribution in [0.1, 0.15) is 36.8 Å². The molecule has 0 aliphatic carbocycles. The van der Waals surface area contributed by atoms with E-state index in [-0.39, 0.29) is 54.0 Å². The van der Waals surface area contributed by atoms with Crippen LogP contribution in [0, 0.1) is 11.6 Å². The highest BCUT2D eigenvalue weighted by Crippen LogP contribution is 2.35. The van der Waals surface area contributed by atoms with Gasteiger partial charge in [-0.2, -0.15) is 0 Å². The lowest BCUT2D eigenvalue weighted by molar-refractivity contribution is -0.124. The van der Waals surface area contributed by atoms with Crippen LogP contribution in [-0.2, 0) is 20.8 Å². The van der Waals surface area contributed by atoms with E-state index in [1.807, 2.05) is 4.90 Å². The molecule has 3 heterocycles. The van der Waals surface area contributed by atoms with Crippen molar-refractivity contribution in [1.29, 1.82) is 0 Å². The number of morpholine rings is 1. The van der Waals surface area contributed by atoms with Crippen LogP contribution in [0.15, 0.2) is 18.2 Å². The average molecular weight is 582 g/mol. The fourth-order valence-electron chi connectivity index (χ4n) is 4.11. The lowest BCUT2D eigenvalue weighted by Crippen LogP contribution is -2.49. The molecule has 12 nitrogen and oxygen atoms in total. The molecule has 0 unspecified atom stereocenters. The summed E-state index contributed by atoms with van der Waals surface area (Å²) in [6.45, 7) is 7.50. The van der Waals surface area contributed by atoms with Gasteiger partial charge in [-0.25, -0.2) is 13.6 Å². The number of rotatable bonds is 5. The SMILES string of the molecule is CC(C)(C)OC(=O)N1CCN(Cc2c(F)ccc(F)c2Cl)c2cc(C(=O)NNC(=O)CN3CCOCC3)nnc21. The maximum Gasteiger partial charge on any atom is 0.416 e. The Morgan fingerprint density at radius 3 is 2.45 bits per heavy atom. The third-order valence-corrected chi connectivity index (χ3v) is 6.47. The molecule has 4 rings (SSSR count). The number of benzene rings is 1. The number of halogens is 3. The molecule has 2 N–H and O–H groups in total. The van der Waals surface area contributed by atoms with Crippen molar-refractivity contribution in [3.63, 3.8) is 0 Å². The Kier molecular flexibility index (Phi) is 9.01. The van der Waals surface area contributed by atoms with Crippen LogP contribution >= 0.6 is 11.6 Å². The van der Waals surface area contributed by atoms with Crippen LogP contribution in [0.5, 0.6) is 0 Å². The largest absolute Gasteiger partial charge is 0.443 e. The number of amides is 3. The fraction of sp³-hybridized carbons (Fsp3) is 0.480. The molecule has 1 aromatic heterocycles. The highest BCUT2D eigenvalue weighted by Gasteiger charge is 2.33. The lowest BCUT2D eigenvalue weighted by Gasteiger charge is -2.37. The molecule has 216 valence electrons. The van der Waals surface area contributed by atoms with E-state index in [1.54, 1.807) is 25.7 Å². The average Bonchev–Trinajstić information content (AvgIpc) is 2.91. The van der Waals surface area contributed by atoms with Gasteiger partial charge in [0.1, 0.15) is 17.2 Å². The van der Waals surface area contributed by atoms with Crippen LogP contribution in [-0.4, -0.2) is 84.5 Å². The van der Waals surface area contributed by atoms with Gasteiger partial charge in [0.25, 0.3) is 11.8 Å². The van der Waals surface area contributed by atoms with Crippen molar-refractivity contribution in [2.45, 2.75) is 32.9 Å². The molecule has 40 heavy (non-hydrogen) atoms. The molecule has 1 fully saturated rings. The number of nitrogens with zero attached hydrogens (tertiary/aromatic N) is 5. The zero-order valence-corrected chi connectivity index (χ0v) is 23.1. The van der Waals surface area contributed by atoms with Crippen LogP contribution < -0.4 is 20.7 Å². The molecule has 0 atom stereocenters. The van der Waals surface area contributed by atoms with E-state index in [9.17, 15) is 23.2 Å². The van der Waals surface area contributed by atoms with Crippen LogP contribution in [0.2, 0.25) is 5.02 Å². The Balaban J connectivity index is 1.57. The summed E-state index contributed by atoms with van der Waals surface area (Å²) in [4.78, 5) is 42.7. The van der Waals surface area contributed by atoms with E-state index in [0.717, 1.165) is 12.1 Å². The quantitative estimate of drug-likeness (QED) is 0.403. The maximum atomic E-state index is 14.6. The van der Waals surface area contributed by atoms with E-state index in [2.05, 4.69) is 21.0 Å². The third-order valence-electron chi connectivity index (χ3n) is 6.07. The Hall–Kier alpha value is -3.62. The first-order valence-electron chi connectivity index (χ1n) is 12.6. The lowest BCUT2D eigenvalue weighted by atomic mass is 10.1. The molecule has 0 radical (unpaired) electrons. The molecular formula is C25H30ClF2N7O5. The predicted molar refractivity (Wildman–Crippen MR) is 141 cm³/mol. The first-order chi connectivity index (χ1) is 18.9. The van der Waals surface area contributed by atoms with Crippen LogP contribution in [0.3, 0.4) is 0 Å². The van der Waals surface area contributed by atoms with Gasteiger partial charge >= 0.3 is 6.09 Å². The number of carbonyl (C=O) groups is 3. The van der Waals surface area contributed by atoms with Gasteiger partial charge in [0.2, 0.25) is 0 Å². The number of hydrogen-bond acceptors (Lipinski definition) is 9. The number of anilines is 2. The second kappa shape index (κ2) is 12.3. The molecule has 0 saturated carbocycles. The number of hydrogen-bond donors (Lipinski definition) is 2. The topological polar surface area (TPSA) is 129 Å². The minimum absolute atomic E-state index is 0.0568. The van der Waals surface area contributed by atoms with Crippen molar-refractivity contribution in [3.8, 4) is 0 Å². The Labute approximate surface area is 234 Å². The standard InChI is InChI=1S/C25H30ClF2N7O5/c1-25(2,3)40-24(38)35-7-6-34(13-15-16(27)4-5-17(28)21(15)26)19-12-18(29-31-22(19)35)23(37)32-30-20(36)14-33-8-10-39-11-9-33/h4-5,12H,6-11,13-14H2,1-3H3,(H,30,36)(H,32,37). The highest BCUT2D eigenvalue weighted by atomic mass is 35.5. The van der Waals surface area contributed by atoms with Gasteiger partial charge < -0.3 is 14.4 Å². The summed E-state index contributed by atoms with van der Waals surface area (Å²) in [6, 6.07) is 3.24. The normalized spacial score (nSPS) is 15.8. The Morgan fingerprint density at radius 1 is 1.05 bits per heavy atom. The number of fused-ring (bicyclic) bond motifs is 1. The second-order valence-corrected chi connectivity index (χ2v) is 10.6. The van der Waals surface area contributed by atoms with E-state index < -0.39 is 35.1 Å². The van der Waals surface area contributed by atoms with Gasteiger partial charge in [-0.05, 0) is 39.0 Å². The van der Waals surface area contributed by atoms with E-state index in [0.29, 0.717) is 26.3 Å². The van der Waals surface area contributed by atoms with Gasteiger partial charge in [-0.1, -0.05) is 11.6 Å². The number of carbonyl (C=O) groups excluding carboxylic acids is 3. The molecule has 0 bridgehead atoms.